The molecule has 1 fully saturated rings. The minimum atomic E-state index is 0.738. The van der Waals surface area contributed by atoms with Crippen LogP contribution in [0.5, 0.6) is 0 Å². The van der Waals surface area contributed by atoms with Gasteiger partial charge in [0.2, 0.25) is 0 Å². The highest BCUT2D eigenvalue weighted by atomic mass is 14.9. The maximum atomic E-state index is 3.88. The van der Waals surface area contributed by atoms with Gasteiger partial charge in [0.25, 0.3) is 0 Å². The standard InChI is InChI=1S/C8H15N/c1-7(2)6-8-4-3-5-9-8/h8-9H,1,3-6H2,2H3. The maximum absolute atomic E-state index is 3.88. The second-order valence-corrected chi connectivity index (χ2v) is 2.95. The zero-order chi connectivity index (χ0) is 6.69. The molecule has 1 saturated heterocycles. The highest BCUT2D eigenvalue weighted by molar-refractivity contribution is 4.94. The molecular formula is C8H15N. The van der Waals surface area contributed by atoms with E-state index in [1.54, 1.807) is 0 Å². The molecule has 0 radical (unpaired) electrons. The zero-order valence-electron chi connectivity index (χ0n) is 6.11. The maximum Gasteiger partial charge on any atom is 0.0104 e. The summed E-state index contributed by atoms with van der Waals surface area (Å²) in [6.07, 6.45) is 3.85. The third-order valence-corrected chi connectivity index (χ3v) is 1.76. The van der Waals surface area contributed by atoms with Crippen LogP contribution in [0.1, 0.15) is 26.2 Å². The fraction of sp³-hybridized carbons (Fsp3) is 0.750. The van der Waals surface area contributed by atoms with E-state index >= 15 is 0 Å². The fourth-order valence-electron chi connectivity index (χ4n) is 1.35. The quantitative estimate of drug-likeness (QED) is 0.554. The van der Waals surface area contributed by atoms with Crippen LogP contribution in [0.2, 0.25) is 0 Å². The van der Waals surface area contributed by atoms with Gasteiger partial charge in [-0.15, -0.1) is 6.58 Å². The lowest BCUT2D eigenvalue weighted by atomic mass is 10.1. The average Bonchev–Trinajstić information content (AvgIpc) is 2.15. The SMILES string of the molecule is C=C(C)CC1CCCN1. The summed E-state index contributed by atoms with van der Waals surface area (Å²) in [5.41, 5.74) is 1.30. The van der Waals surface area contributed by atoms with E-state index in [-0.39, 0.29) is 0 Å². The lowest BCUT2D eigenvalue weighted by molar-refractivity contribution is 0.601. The van der Waals surface area contributed by atoms with Gasteiger partial charge in [0, 0.05) is 6.04 Å². The Labute approximate surface area is 57.1 Å². The fourth-order valence-corrected chi connectivity index (χ4v) is 1.35. The number of rotatable bonds is 2. The molecule has 1 aliphatic rings. The van der Waals surface area contributed by atoms with Crippen molar-refractivity contribution in [3.05, 3.63) is 12.2 Å². The Morgan fingerprint density at radius 1 is 1.78 bits per heavy atom. The second-order valence-electron chi connectivity index (χ2n) is 2.95. The van der Waals surface area contributed by atoms with E-state index in [4.69, 9.17) is 0 Å². The summed E-state index contributed by atoms with van der Waals surface area (Å²) >= 11 is 0. The number of hydrogen-bond acceptors (Lipinski definition) is 1. The van der Waals surface area contributed by atoms with Crippen molar-refractivity contribution >= 4 is 0 Å². The van der Waals surface area contributed by atoms with Crippen molar-refractivity contribution in [1.82, 2.24) is 5.32 Å². The van der Waals surface area contributed by atoms with Crippen molar-refractivity contribution < 1.29 is 0 Å². The van der Waals surface area contributed by atoms with E-state index in [9.17, 15) is 0 Å². The summed E-state index contributed by atoms with van der Waals surface area (Å²) in [4.78, 5) is 0. The monoisotopic (exact) mass is 125 g/mol. The van der Waals surface area contributed by atoms with Crippen LogP contribution in [0.15, 0.2) is 12.2 Å². The molecule has 0 aromatic rings. The molecule has 1 heterocycles. The molecule has 0 amide bonds. The minimum Gasteiger partial charge on any atom is -0.314 e. The molecule has 1 nitrogen and oxygen atoms in total. The summed E-state index contributed by atoms with van der Waals surface area (Å²) in [5, 5.41) is 3.43. The highest BCUT2D eigenvalue weighted by Gasteiger charge is 2.12. The summed E-state index contributed by atoms with van der Waals surface area (Å²) in [5.74, 6) is 0. The van der Waals surface area contributed by atoms with Crippen molar-refractivity contribution in [1.29, 1.82) is 0 Å². The largest absolute Gasteiger partial charge is 0.314 e. The Morgan fingerprint density at radius 2 is 2.56 bits per heavy atom. The van der Waals surface area contributed by atoms with Gasteiger partial charge in [0.1, 0.15) is 0 Å². The predicted molar refractivity (Wildman–Crippen MR) is 40.5 cm³/mol. The van der Waals surface area contributed by atoms with Crippen LogP contribution < -0.4 is 5.32 Å². The summed E-state index contributed by atoms with van der Waals surface area (Å²) in [7, 11) is 0. The predicted octanol–water partition coefficient (Wildman–Crippen LogP) is 1.70. The number of hydrogen-bond donors (Lipinski definition) is 1. The van der Waals surface area contributed by atoms with Crippen LogP contribution in [0.25, 0.3) is 0 Å². The lowest BCUT2D eigenvalue weighted by Gasteiger charge is -2.07. The Balaban J connectivity index is 2.19. The molecule has 1 aliphatic heterocycles. The van der Waals surface area contributed by atoms with Crippen molar-refractivity contribution in [3.63, 3.8) is 0 Å². The molecule has 0 spiro atoms. The highest BCUT2D eigenvalue weighted by Crippen LogP contribution is 2.12. The Hall–Kier alpha value is -0.300. The molecule has 0 aromatic heterocycles. The molecule has 1 N–H and O–H groups in total. The van der Waals surface area contributed by atoms with E-state index in [1.807, 2.05) is 0 Å². The van der Waals surface area contributed by atoms with Crippen LogP contribution in [-0.4, -0.2) is 12.6 Å². The van der Waals surface area contributed by atoms with E-state index in [0.717, 1.165) is 6.04 Å². The van der Waals surface area contributed by atoms with Crippen LogP contribution >= 0.6 is 0 Å². The molecule has 0 bridgehead atoms. The van der Waals surface area contributed by atoms with Gasteiger partial charge in [-0.2, -0.15) is 0 Å². The van der Waals surface area contributed by atoms with Crippen LogP contribution in [0, 0.1) is 0 Å². The molecule has 1 rings (SSSR count). The minimum absolute atomic E-state index is 0.738. The third-order valence-electron chi connectivity index (χ3n) is 1.76. The van der Waals surface area contributed by atoms with E-state index in [2.05, 4.69) is 18.8 Å². The van der Waals surface area contributed by atoms with Gasteiger partial charge < -0.3 is 5.32 Å². The van der Waals surface area contributed by atoms with E-state index in [1.165, 1.54) is 31.4 Å². The van der Waals surface area contributed by atoms with Crippen LogP contribution in [0.3, 0.4) is 0 Å². The van der Waals surface area contributed by atoms with E-state index in [0.29, 0.717) is 0 Å². The zero-order valence-corrected chi connectivity index (χ0v) is 6.11. The first-order valence-corrected chi connectivity index (χ1v) is 3.67. The van der Waals surface area contributed by atoms with Gasteiger partial charge in [-0.05, 0) is 32.7 Å². The molecule has 0 saturated carbocycles. The average molecular weight is 125 g/mol. The Bertz CT molecular complexity index is 101. The van der Waals surface area contributed by atoms with Gasteiger partial charge in [-0.1, -0.05) is 5.57 Å². The van der Waals surface area contributed by atoms with Crippen molar-refractivity contribution in [3.8, 4) is 0 Å². The smallest absolute Gasteiger partial charge is 0.0104 e. The van der Waals surface area contributed by atoms with Gasteiger partial charge in [0.15, 0.2) is 0 Å². The summed E-state index contributed by atoms with van der Waals surface area (Å²) in [6.45, 7) is 7.18. The van der Waals surface area contributed by atoms with E-state index < -0.39 is 0 Å². The Kier molecular flexibility index (Phi) is 2.29. The van der Waals surface area contributed by atoms with Crippen molar-refractivity contribution in [2.24, 2.45) is 0 Å². The van der Waals surface area contributed by atoms with Crippen molar-refractivity contribution in [2.45, 2.75) is 32.2 Å². The Morgan fingerprint density at radius 3 is 3.00 bits per heavy atom. The van der Waals surface area contributed by atoms with Gasteiger partial charge in [0.05, 0.1) is 0 Å². The van der Waals surface area contributed by atoms with Gasteiger partial charge in [-0.25, -0.2) is 0 Å². The summed E-state index contributed by atoms with van der Waals surface area (Å²) < 4.78 is 0. The molecule has 0 aliphatic carbocycles. The second kappa shape index (κ2) is 3.02. The first kappa shape index (κ1) is 6.81. The van der Waals surface area contributed by atoms with Gasteiger partial charge >= 0.3 is 0 Å². The van der Waals surface area contributed by atoms with Crippen LogP contribution in [0.4, 0.5) is 0 Å². The normalized spacial score (nSPS) is 26.6. The van der Waals surface area contributed by atoms with Gasteiger partial charge in [-0.3, -0.25) is 0 Å². The first-order valence-electron chi connectivity index (χ1n) is 3.67. The summed E-state index contributed by atoms with van der Waals surface area (Å²) in [6, 6.07) is 0.738. The molecule has 1 unspecified atom stereocenters. The molecule has 1 heteroatoms. The topological polar surface area (TPSA) is 12.0 Å². The first-order chi connectivity index (χ1) is 4.29. The lowest BCUT2D eigenvalue weighted by Crippen LogP contribution is -2.20. The molecule has 1 atom stereocenters. The number of nitrogens with one attached hydrogen (secondary N) is 1. The van der Waals surface area contributed by atoms with Crippen molar-refractivity contribution in [2.75, 3.05) is 6.54 Å². The molecule has 0 aromatic carbocycles. The molecule has 9 heavy (non-hydrogen) atoms. The molecular weight excluding hydrogens is 110 g/mol. The van der Waals surface area contributed by atoms with Crippen LogP contribution in [-0.2, 0) is 0 Å². The molecule has 52 valence electrons. The third kappa shape index (κ3) is 2.19.